The summed E-state index contributed by atoms with van der Waals surface area (Å²) in [5.41, 5.74) is -1.29. The SMILES string of the molecule is CC(C)CCC(C)(O)CNC(=O)C(=O)Nc1cc(F)cc(F)c1. The van der Waals surface area contributed by atoms with E-state index in [1.165, 1.54) is 0 Å². The molecule has 1 aromatic rings. The fourth-order valence-electron chi connectivity index (χ4n) is 1.85. The Hall–Kier alpha value is -2.02. The normalized spacial score (nSPS) is 13.5. The number of anilines is 1. The molecule has 0 saturated heterocycles. The first-order chi connectivity index (χ1) is 10.6. The lowest BCUT2D eigenvalue weighted by atomic mass is 9.95. The van der Waals surface area contributed by atoms with Gasteiger partial charge in [-0.25, -0.2) is 8.78 Å². The summed E-state index contributed by atoms with van der Waals surface area (Å²) in [5, 5.41) is 14.5. The summed E-state index contributed by atoms with van der Waals surface area (Å²) in [6, 6.07) is 2.45. The second kappa shape index (κ2) is 8.01. The molecule has 3 N–H and O–H groups in total. The molecule has 1 unspecified atom stereocenters. The van der Waals surface area contributed by atoms with Crippen molar-refractivity contribution in [2.24, 2.45) is 5.92 Å². The highest BCUT2D eigenvalue weighted by molar-refractivity contribution is 6.39. The maximum atomic E-state index is 13.0. The zero-order chi connectivity index (χ0) is 17.6. The van der Waals surface area contributed by atoms with Crippen molar-refractivity contribution in [2.45, 2.75) is 39.2 Å². The first-order valence-corrected chi connectivity index (χ1v) is 7.37. The molecule has 2 amide bonds. The van der Waals surface area contributed by atoms with Crippen molar-refractivity contribution in [1.29, 1.82) is 0 Å². The molecule has 0 bridgehead atoms. The first kappa shape index (κ1) is 19.0. The van der Waals surface area contributed by atoms with Crippen molar-refractivity contribution >= 4 is 17.5 Å². The number of nitrogens with one attached hydrogen (secondary N) is 2. The molecule has 1 aromatic carbocycles. The third-order valence-electron chi connectivity index (χ3n) is 3.22. The minimum atomic E-state index is -1.13. The van der Waals surface area contributed by atoms with E-state index in [0.717, 1.165) is 18.6 Å². The van der Waals surface area contributed by atoms with Gasteiger partial charge in [-0.15, -0.1) is 0 Å². The predicted octanol–water partition coefficient (Wildman–Crippen LogP) is 2.21. The van der Waals surface area contributed by atoms with Crippen LogP contribution in [0, 0.1) is 17.6 Å². The van der Waals surface area contributed by atoms with Gasteiger partial charge in [0.25, 0.3) is 0 Å². The van der Waals surface area contributed by atoms with E-state index in [1.54, 1.807) is 6.92 Å². The van der Waals surface area contributed by atoms with Crippen LogP contribution >= 0.6 is 0 Å². The molecule has 0 fully saturated rings. The molecule has 0 heterocycles. The van der Waals surface area contributed by atoms with E-state index in [9.17, 15) is 23.5 Å². The second-order valence-corrected chi connectivity index (χ2v) is 6.22. The molecule has 128 valence electrons. The molecule has 0 spiro atoms. The number of carbonyl (C=O) groups is 2. The van der Waals surface area contributed by atoms with Gasteiger partial charge in [0.1, 0.15) is 11.6 Å². The fourth-order valence-corrected chi connectivity index (χ4v) is 1.85. The first-order valence-electron chi connectivity index (χ1n) is 7.37. The molecule has 0 aliphatic heterocycles. The monoisotopic (exact) mass is 328 g/mol. The van der Waals surface area contributed by atoms with E-state index < -0.39 is 29.0 Å². The van der Waals surface area contributed by atoms with Crippen LogP contribution in [0.15, 0.2) is 18.2 Å². The maximum absolute atomic E-state index is 13.0. The van der Waals surface area contributed by atoms with Gasteiger partial charge in [0, 0.05) is 18.3 Å². The summed E-state index contributed by atoms with van der Waals surface area (Å²) in [7, 11) is 0. The van der Waals surface area contributed by atoms with Crippen molar-refractivity contribution in [3.63, 3.8) is 0 Å². The van der Waals surface area contributed by atoms with Crippen molar-refractivity contribution in [3.05, 3.63) is 29.8 Å². The largest absolute Gasteiger partial charge is 0.388 e. The third kappa shape index (κ3) is 7.19. The number of hydrogen-bond donors (Lipinski definition) is 3. The number of hydrogen-bond acceptors (Lipinski definition) is 3. The molecular formula is C16H22F2N2O3. The Kier molecular flexibility index (Phi) is 6.62. The molecule has 5 nitrogen and oxygen atoms in total. The maximum Gasteiger partial charge on any atom is 0.313 e. The number of rotatable bonds is 6. The van der Waals surface area contributed by atoms with E-state index in [2.05, 4.69) is 10.6 Å². The van der Waals surface area contributed by atoms with Gasteiger partial charge < -0.3 is 15.7 Å². The van der Waals surface area contributed by atoms with Gasteiger partial charge in [0.05, 0.1) is 5.60 Å². The zero-order valence-corrected chi connectivity index (χ0v) is 13.5. The molecule has 0 saturated carbocycles. The lowest BCUT2D eigenvalue weighted by Crippen LogP contribution is -2.44. The molecular weight excluding hydrogens is 306 g/mol. The summed E-state index contributed by atoms with van der Waals surface area (Å²) in [4.78, 5) is 23.3. The average molecular weight is 328 g/mol. The highest BCUT2D eigenvalue weighted by Crippen LogP contribution is 2.15. The van der Waals surface area contributed by atoms with Crippen LogP contribution < -0.4 is 10.6 Å². The van der Waals surface area contributed by atoms with Gasteiger partial charge in [-0.1, -0.05) is 13.8 Å². The molecule has 0 radical (unpaired) electrons. The standard InChI is InChI=1S/C16H22F2N2O3/c1-10(2)4-5-16(3,23)9-19-14(21)15(22)20-13-7-11(17)6-12(18)8-13/h6-8,10,23H,4-5,9H2,1-3H3,(H,19,21)(H,20,22). The van der Waals surface area contributed by atoms with Crippen LogP contribution in [-0.2, 0) is 9.59 Å². The zero-order valence-electron chi connectivity index (χ0n) is 13.5. The Bertz CT molecular complexity index is 554. The lowest BCUT2D eigenvalue weighted by Gasteiger charge is -2.24. The minimum Gasteiger partial charge on any atom is -0.388 e. The van der Waals surface area contributed by atoms with Crippen LogP contribution in [0.3, 0.4) is 0 Å². The molecule has 23 heavy (non-hydrogen) atoms. The molecule has 1 atom stereocenters. The highest BCUT2D eigenvalue weighted by atomic mass is 19.1. The predicted molar refractivity (Wildman–Crippen MR) is 82.7 cm³/mol. The Morgan fingerprint density at radius 3 is 2.26 bits per heavy atom. The van der Waals surface area contributed by atoms with Gasteiger partial charge in [0.15, 0.2) is 0 Å². The van der Waals surface area contributed by atoms with Crippen molar-refractivity contribution in [2.75, 3.05) is 11.9 Å². The average Bonchev–Trinajstić information content (AvgIpc) is 2.41. The summed E-state index contributed by atoms with van der Waals surface area (Å²) < 4.78 is 26.0. The molecule has 0 aromatic heterocycles. The Morgan fingerprint density at radius 2 is 1.74 bits per heavy atom. The van der Waals surface area contributed by atoms with E-state index in [1.807, 2.05) is 13.8 Å². The third-order valence-corrected chi connectivity index (χ3v) is 3.22. The number of amides is 2. The summed E-state index contributed by atoms with van der Waals surface area (Å²) in [6.07, 6.45) is 1.25. The van der Waals surface area contributed by atoms with Gasteiger partial charge >= 0.3 is 11.8 Å². The summed E-state index contributed by atoms with van der Waals surface area (Å²) in [5.74, 6) is -3.37. The number of aliphatic hydroxyl groups is 1. The second-order valence-electron chi connectivity index (χ2n) is 6.22. The molecule has 0 aliphatic rings. The lowest BCUT2D eigenvalue weighted by molar-refractivity contribution is -0.136. The molecule has 7 heteroatoms. The van der Waals surface area contributed by atoms with Crippen molar-refractivity contribution < 1.29 is 23.5 Å². The summed E-state index contributed by atoms with van der Waals surface area (Å²) >= 11 is 0. The van der Waals surface area contributed by atoms with Gasteiger partial charge in [-0.05, 0) is 37.8 Å². The van der Waals surface area contributed by atoms with Gasteiger partial charge in [-0.2, -0.15) is 0 Å². The van der Waals surface area contributed by atoms with Gasteiger partial charge in [0.2, 0.25) is 0 Å². The van der Waals surface area contributed by atoms with Crippen LogP contribution in [0.25, 0.3) is 0 Å². The fraction of sp³-hybridized carbons (Fsp3) is 0.500. The van der Waals surface area contributed by atoms with Crippen molar-refractivity contribution in [3.8, 4) is 0 Å². The molecule has 1 rings (SSSR count). The van der Waals surface area contributed by atoms with Crippen LogP contribution in [0.5, 0.6) is 0 Å². The molecule has 0 aliphatic carbocycles. The topological polar surface area (TPSA) is 78.4 Å². The Labute approximate surface area is 134 Å². The quantitative estimate of drug-likeness (QED) is 0.701. The van der Waals surface area contributed by atoms with Crippen LogP contribution in [0.2, 0.25) is 0 Å². The van der Waals surface area contributed by atoms with Crippen LogP contribution in [0.4, 0.5) is 14.5 Å². The Balaban J connectivity index is 2.52. The van der Waals surface area contributed by atoms with Gasteiger partial charge in [-0.3, -0.25) is 9.59 Å². The smallest absolute Gasteiger partial charge is 0.313 e. The van der Waals surface area contributed by atoms with E-state index in [4.69, 9.17) is 0 Å². The van der Waals surface area contributed by atoms with Crippen molar-refractivity contribution in [1.82, 2.24) is 5.32 Å². The van der Waals surface area contributed by atoms with Crippen LogP contribution in [0.1, 0.15) is 33.6 Å². The number of benzene rings is 1. The summed E-state index contributed by atoms with van der Waals surface area (Å²) in [6.45, 7) is 5.50. The minimum absolute atomic E-state index is 0.0938. The number of halogens is 2. The van der Waals surface area contributed by atoms with E-state index >= 15 is 0 Å². The van der Waals surface area contributed by atoms with E-state index in [-0.39, 0.29) is 12.2 Å². The van der Waals surface area contributed by atoms with E-state index in [0.29, 0.717) is 18.4 Å². The highest BCUT2D eigenvalue weighted by Gasteiger charge is 2.23. The Morgan fingerprint density at radius 1 is 1.17 bits per heavy atom. The number of carbonyl (C=O) groups excluding carboxylic acids is 2. The van der Waals surface area contributed by atoms with Crippen LogP contribution in [-0.4, -0.2) is 29.1 Å².